The number of rotatable bonds is 4. The fraction of sp³-hybridized carbons (Fsp3) is 0.176. The maximum atomic E-state index is 12.5. The number of phenols is 1. The van der Waals surface area contributed by atoms with E-state index in [0.29, 0.717) is 21.9 Å². The van der Waals surface area contributed by atoms with Gasteiger partial charge in [0, 0.05) is 12.1 Å². The Labute approximate surface area is 143 Å². The van der Waals surface area contributed by atoms with Gasteiger partial charge in [-0.3, -0.25) is 9.69 Å². The summed E-state index contributed by atoms with van der Waals surface area (Å²) in [5, 5.41) is 9.81. The van der Waals surface area contributed by atoms with Crippen LogP contribution in [0.3, 0.4) is 0 Å². The van der Waals surface area contributed by atoms with Crippen LogP contribution in [0.25, 0.3) is 11.1 Å². The number of benzene rings is 2. The summed E-state index contributed by atoms with van der Waals surface area (Å²) in [6, 6.07) is 11.4. The number of aromatic nitrogens is 1. The summed E-state index contributed by atoms with van der Waals surface area (Å²) in [4.78, 5) is 18.0. The summed E-state index contributed by atoms with van der Waals surface area (Å²) in [7, 11) is 1.56. The standard InChI is InChI=1S/C17H15ClN2O4/c1-10(23-13-6-4-12(21)5-7-13)16(22)20(2)17-19-14-9-11(18)3-8-15(14)24-17/h3-10,21H,1-2H3/t10-/m1/s1. The van der Waals surface area contributed by atoms with Gasteiger partial charge >= 0.3 is 6.01 Å². The van der Waals surface area contributed by atoms with Crippen molar-refractivity contribution in [2.75, 3.05) is 11.9 Å². The molecule has 0 fully saturated rings. The zero-order valence-corrected chi connectivity index (χ0v) is 13.8. The Morgan fingerprint density at radius 1 is 1.29 bits per heavy atom. The second kappa shape index (κ2) is 6.41. The van der Waals surface area contributed by atoms with Gasteiger partial charge in [0.25, 0.3) is 5.91 Å². The molecule has 124 valence electrons. The Kier molecular flexibility index (Phi) is 4.31. The predicted octanol–water partition coefficient (Wildman–Crippen LogP) is 3.62. The van der Waals surface area contributed by atoms with Gasteiger partial charge in [0.15, 0.2) is 11.7 Å². The number of fused-ring (bicyclic) bond motifs is 1. The van der Waals surface area contributed by atoms with Crippen LogP contribution in [0.5, 0.6) is 11.5 Å². The first-order valence-electron chi connectivity index (χ1n) is 7.23. The Hall–Kier alpha value is -2.73. The summed E-state index contributed by atoms with van der Waals surface area (Å²) < 4.78 is 11.1. The number of hydrogen-bond donors (Lipinski definition) is 1. The van der Waals surface area contributed by atoms with Crippen molar-refractivity contribution < 1.29 is 19.1 Å². The van der Waals surface area contributed by atoms with Crippen molar-refractivity contribution in [2.24, 2.45) is 0 Å². The molecule has 0 aliphatic heterocycles. The molecule has 0 radical (unpaired) electrons. The van der Waals surface area contributed by atoms with Gasteiger partial charge in [-0.2, -0.15) is 4.98 Å². The topological polar surface area (TPSA) is 75.8 Å². The highest BCUT2D eigenvalue weighted by Gasteiger charge is 2.24. The van der Waals surface area contributed by atoms with Crippen molar-refractivity contribution in [3.63, 3.8) is 0 Å². The van der Waals surface area contributed by atoms with Crippen molar-refractivity contribution in [1.82, 2.24) is 4.98 Å². The molecular weight excluding hydrogens is 332 g/mol. The van der Waals surface area contributed by atoms with Gasteiger partial charge in [-0.1, -0.05) is 11.6 Å². The minimum absolute atomic E-state index is 0.128. The van der Waals surface area contributed by atoms with Gasteiger partial charge in [0.1, 0.15) is 17.0 Å². The Morgan fingerprint density at radius 2 is 2.00 bits per heavy atom. The molecule has 0 aliphatic carbocycles. The second-order valence-corrected chi connectivity index (χ2v) is 5.70. The number of aromatic hydroxyl groups is 1. The van der Waals surface area contributed by atoms with Crippen LogP contribution in [0.2, 0.25) is 5.02 Å². The summed E-state index contributed by atoms with van der Waals surface area (Å²) >= 11 is 5.92. The molecule has 2 aromatic carbocycles. The largest absolute Gasteiger partial charge is 0.508 e. The lowest BCUT2D eigenvalue weighted by molar-refractivity contribution is -0.124. The fourth-order valence-corrected chi connectivity index (χ4v) is 2.34. The summed E-state index contributed by atoms with van der Waals surface area (Å²) in [5.41, 5.74) is 1.12. The van der Waals surface area contributed by atoms with Crippen LogP contribution >= 0.6 is 11.6 Å². The number of ether oxygens (including phenoxy) is 1. The van der Waals surface area contributed by atoms with Crippen LogP contribution in [0, 0.1) is 0 Å². The number of carbonyl (C=O) groups excluding carboxylic acids is 1. The predicted molar refractivity (Wildman–Crippen MR) is 90.6 cm³/mol. The van der Waals surface area contributed by atoms with Gasteiger partial charge in [0.2, 0.25) is 0 Å². The van der Waals surface area contributed by atoms with Gasteiger partial charge in [-0.15, -0.1) is 0 Å². The van der Waals surface area contributed by atoms with Gasteiger partial charge < -0.3 is 14.3 Å². The highest BCUT2D eigenvalue weighted by Crippen LogP contribution is 2.25. The molecule has 0 saturated heterocycles. The van der Waals surface area contributed by atoms with Gasteiger partial charge in [0.05, 0.1) is 0 Å². The number of anilines is 1. The third kappa shape index (κ3) is 3.28. The number of halogens is 1. The molecular formula is C17H15ClN2O4. The minimum atomic E-state index is -0.752. The summed E-state index contributed by atoms with van der Waals surface area (Å²) in [5.74, 6) is 0.288. The number of amides is 1. The molecule has 1 heterocycles. The lowest BCUT2D eigenvalue weighted by Gasteiger charge is -2.19. The van der Waals surface area contributed by atoms with Crippen molar-refractivity contribution >= 4 is 34.6 Å². The lowest BCUT2D eigenvalue weighted by Crippen LogP contribution is -2.38. The van der Waals surface area contributed by atoms with Crippen LogP contribution in [-0.4, -0.2) is 29.1 Å². The fourth-order valence-electron chi connectivity index (χ4n) is 2.18. The van der Waals surface area contributed by atoms with E-state index < -0.39 is 6.10 Å². The number of phenolic OH excluding ortho intramolecular Hbond substituents is 1. The molecule has 7 heteroatoms. The highest BCUT2D eigenvalue weighted by atomic mass is 35.5. The Balaban J connectivity index is 1.75. The quantitative estimate of drug-likeness (QED) is 0.780. The van der Waals surface area contributed by atoms with Crippen LogP contribution in [-0.2, 0) is 4.79 Å². The molecule has 1 amide bonds. The van der Waals surface area contributed by atoms with Crippen LogP contribution in [0.15, 0.2) is 46.9 Å². The molecule has 24 heavy (non-hydrogen) atoms. The number of hydrogen-bond acceptors (Lipinski definition) is 5. The van der Waals surface area contributed by atoms with E-state index in [2.05, 4.69) is 4.98 Å². The number of likely N-dealkylation sites (N-methyl/N-ethyl adjacent to an activating group) is 1. The van der Waals surface area contributed by atoms with Crippen molar-refractivity contribution in [1.29, 1.82) is 0 Å². The van der Waals surface area contributed by atoms with E-state index in [0.717, 1.165) is 0 Å². The third-order valence-electron chi connectivity index (χ3n) is 3.45. The lowest BCUT2D eigenvalue weighted by atomic mass is 10.3. The average Bonchev–Trinajstić information content (AvgIpc) is 2.98. The highest BCUT2D eigenvalue weighted by molar-refractivity contribution is 6.31. The smallest absolute Gasteiger partial charge is 0.305 e. The Morgan fingerprint density at radius 3 is 2.71 bits per heavy atom. The molecule has 6 nitrogen and oxygen atoms in total. The maximum Gasteiger partial charge on any atom is 0.305 e. The zero-order chi connectivity index (χ0) is 17.3. The molecule has 0 spiro atoms. The monoisotopic (exact) mass is 346 g/mol. The number of nitrogens with zero attached hydrogens (tertiary/aromatic N) is 2. The summed E-state index contributed by atoms with van der Waals surface area (Å²) in [6.45, 7) is 1.63. The normalized spacial score (nSPS) is 12.1. The first-order valence-corrected chi connectivity index (χ1v) is 7.61. The number of oxazole rings is 1. The molecule has 0 unspecified atom stereocenters. The first kappa shape index (κ1) is 16.1. The van der Waals surface area contributed by atoms with Crippen molar-refractivity contribution in [2.45, 2.75) is 13.0 Å². The molecule has 0 aliphatic rings. The van der Waals surface area contributed by atoms with E-state index in [1.165, 1.54) is 17.0 Å². The van der Waals surface area contributed by atoms with Crippen LogP contribution in [0.1, 0.15) is 6.92 Å². The molecule has 3 rings (SSSR count). The average molecular weight is 347 g/mol. The molecule has 1 atom stereocenters. The zero-order valence-electron chi connectivity index (χ0n) is 13.1. The molecule has 0 saturated carbocycles. The van der Waals surface area contributed by atoms with E-state index in [9.17, 15) is 9.90 Å². The van der Waals surface area contributed by atoms with E-state index in [1.807, 2.05) is 0 Å². The second-order valence-electron chi connectivity index (χ2n) is 5.26. The SMILES string of the molecule is C[C@@H](Oc1ccc(O)cc1)C(=O)N(C)c1nc2cc(Cl)ccc2o1. The third-order valence-corrected chi connectivity index (χ3v) is 3.69. The van der Waals surface area contributed by atoms with Crippen LogP contribution < -0.4 is 9.64 Å². The van der Waals surface area contributed by atoms with Crippen molar-refractivity contribution in [3.05, 3.63) is 47.5 Å². The minimum Gasteiger partial charge on any atom is -0.508 e. The first-order chi connectivity index (χ1) is 11.4. The van der Waals surface area contributed by atoms with Crippen molar-refractivity contribution in [3.8, 4) is 11.5 Å². The Bertz CT molecular complexity index is 876. The van der Waals surface area contributed by atoms with Gasteiger partial charge in [-0.05, 0) is 49.4 Å². The van der Waals surface area contributed by atoms with E-state index in [4.69, 9.17) is 20.8 Å². The molecule has 1 aromatic heterocycles. The van der Waals surface area contributed by atoms with Gasteiger partial charge in [-0.25, -0.2) is 0 Å². The van der Waals surface area contributed by atoms with E-state index >= 15 is 0 Å². The molecule has 1 N–H and O–H groups in total. The van der Waals surface area contributed by atoms with Crippen LogP contribution in [0.4, 0.5) is 6.01 Å². The summed E-state index contributed by atoms with van der Waals surface area (Å²) in [6.07, 6.45) is -0.752. The van der Waals surface area contributed by atoms with E-state index in [-0.39, 0.29) is 17.7 Å². The maximum absolute atomic E-state index is 12.5. The number of carbonyl (C=O) groups is 1. The van der Waals surface area contributed by atoms with E-state index in [1.54, 1.807) is 44.3 Å². The molecule has 3 aromatic rings. The molecule has 0 bridgehead atoms.